The summed E-state index contributed by atoms with van der Waals surface area (Å²) >= 11 is 1.74. The lowest BCUT2D eigenvalue weighted by molar-refractivity contribution is 0.456. The largest absolute Gasteiger partial charge is 0.309 e. The van der Waals surface area contributed by atoms with E-state index in [2.05, 4.69) is 17.2 Å². The standard InChI is InChI=1S/C12H20N2S/c1-10(12-8-13-9-15-12)14-7-6-11-4-2-3-5-11/h8-11,14H,2-7H2,1H3. The van der Waals surface area contributed by atoms with Crippen LogP contribution in [0.5, 0.6) is 0 Å². The van der Waals surface area contributed by atoms with Gasteiger partial charge >= 0.3 is 0 Å². The first-order valence-corrected chi connectivity index (χ1v) is 6.86. The summed E-state index contributed by atoms with van der Waals surface area (Å²) in [5.74, 6) is 0.992. The molecule has 1 aliphatic carbocycles. The van der Waals surface area contributed by atoms with Gasteiger partial charge in [0.1, 0.15) is 0 Å². The van der Waals surface area contributed by atoms with E-state index in [0.717, 1.165) is 12.5 Å². The van der Waals surface area contributed by atoms with Gasteiger partial charge in [-0.25, -0.2) is 0 Å². The molecule has 1 atom stereocenters. The molecule has 1 N–H and O–H groups in total. The van der Waals surface area contributed by atoms with E-state index in [1.165, 1.54) is 37.0 Å². The summed E-state index contributed by atoms with van der Waals surface area (Å²) in [7, 11) is 0. The predicted octanol–water partition coefficient (Wildman–Crippen LogP) is 3.37. The molecule has 2 nitrogen and oxygen atoms in total. The zero-order valence-corrected chi connectivity index (χ0v) is 10.2. The highest BCUT2D eigenvalue weighted by atomic mass is 32.1. The Morgan fingerprint density at radius 1 is 1.53 bits per heavy atom. The molecular formula is C12H20N2S. The van der Waals surface area contributed by atoms with Gasteiger partial charge in [0.15, 0.2) is 0 Å². The topological polar surface area (TPSA) is 24.9 Å². The van der Waals surface area contributed by atoms with Gasteiger partial charge in [-0.1, -0.05) is 25.7 Å². The van der Waals surface area contributed by atoms with Crippen molar-refractivity contribution in [3.8, 4) is 0 Å². The maximum Gasteiger partial charge on any atom is 0.0794 e. The van der Waals surface area contributed by atoms with Crippen LogP contribution in [0.3, 0.4) is 0 Å². The molecule has 0 bridgehead atoms. The third kappa shape index (κ3) is 3.28. The van der Waals surface area contributed by atoms with Crippen molar-refractivity contribution in [2.75, 3.05) is 6.54 Å². The number of aromatic nitrogens is 1. The Balaban J connectivity index is 1.65. The first-order valence-electron chi connectivity index (χ1n) is 5.98. The molecule has 1 heterocycles. The normalized spacial score (nSPS) is 19.5. The molecule has 1 aromatic heterocycles. The van der Waals surface area contributed by atoms with Crippen LogP contribution < -0.4 is 5.32 Å². The molecule has 2 rings (SSSR count). The first-order chi connectivity index (χ1) is 7.36. The van der Waals surface area contributed by atoms with E-state index in [0.29, 0.717) is 6.04 Å². The second kappa shape index (κ2) is 5.61. The second-order valence-corrected chi connectivity index (χ2v) is 5.44. The Bertz CT molecular complexity index is 265. The monoisotopic (exact) mass is 224 g/mol. The maximum atomic E-state index is 4.11. The second-order valence-electron chi connectivity index (χ2n) is 4.52. The summed E-state index contributed by atoms with van der Waals surface area (Å²) in [6, 6.07) is 0.471. The zero-order valence-electron chi connectivity index (χ0n) is 9.41. The van der Waals surface area contributed by atoms with Gasteiger partial charge in [0, 0.05) is 17.1 Å². The van der Waals surface area contributed by atoms with Crippen molar-refractivity contribution in [3.63, 3.8) is 0 Å². The van der Waals surface area contributed by atoms with E-state index in [1.807, 2.05) is 11.7 Å². The Kier molecular flexibility index (Phi) is 4.15. The van der Waals surface area contributed by atoms with Gasteiger partial charge in [-0.05, 0) is 25.8 Å². The van der Waals surface area contributed by atoms with Crippen molar-refractivity contribution < 1.29 is 0 Å². The van der Waals surface area contributed by atoms with Gasteiger partial charge in [0.25, 0.3) is 0 Å². The molecule has 0 aliphatic heterocycles. The highest BCUT2D eigenvalue weighted by Crippen LogP contribution is 2.27. The molecule has 15 heavy (non-hydrogen) atoms. The van der Waals surface area contributed by atoms with Crippen LogP contribution in [0.2, 0.25) is 0 Å². The van der Waals surface area contributed by atoms with E-state index in [1.54, 1.807) is 11.3 Å². The quantitative estimate of drug-likeness (QED) is 0.829. The predicted molar refractivity (Wildman–Crippen MR) is 65.1 cm³/mol. The Labute approximate surface area is 96.1 Å². The smallest absolute Gasteiger partial charge is 0.0794 e. The number of rotatable bonds is 5. The average molecular weight is 224 g/mol. The maximum absolute atomic E-state index is 4.11. The van der Waals surface area contributed by atoms with E-state index in [9.17, 15) is 0 Å². The van der Waals surface area contributed by atoms with Gasteiger partial charge < -0.3 is 5.32 Å². The van der Waals surface area contributed by atoms with E-state index in [-0.39, 0.29) is 0 Å². The summed E-state index contributed by atoms with van der Waals surface area (Å²) in [5.41, 5.74) is 1.91. The highest BCUT2D eigenvalue weighted by Gasteiger charge is 2.14. The fourth-order valence-electron chi connectivity index (χ4n) is 2.34. The number of thiazole rings is 1. The lowest BCUT2D eigenvalue weighted by Gasteiger charge is -2.14. The minimum atomic E-state index is 0.471. The fourth-order valence-corrected chi connectivity index (χ4v) is 3.00. The van der Waals surface area contributed by atoms with Crippen LogP contribution >= 0.6 is 11.3 Å². The minimum Gasteiger partial charge on any atom is -0.309 e. The van der Waals surface area contributed by atoms with Gasteiger partial charge in [-0.15, -0.1) is 11.3 Å². The van der Waals surface area contributed by atoms with E-state index < -0.39 is 0 Å². The van der Waals surface area contributed by atoms with Crippen LogP contribution in [-0.4, -0.2) is 11.5 Å². The number of hydrogen-bond donors (Lipinski definition) is 1. The average Bonchev–Trinajstić information content (AvgIpc) is 2.90. The molecule has 84 valence electrons. The lowest BCUT2D eigenvalue weighted by Crippen LogP contribution is -2.20. The Hall–Kier alpha value is -0.410. The van der Waals surface area contributed by atoms with Crippen LogP contribution in [0.4, 0.5) is 0 Å². The van der Waals surface area contributed by atoms with Crippen molar-refractivity contribution in [3.05, 3.63) is 16.6 Å². The Morgan fingerprint density at radius 3 is 3.00 bits per heavy atom. The van der Waals surface area contributed by atoms with Crippen molar-refractivity contribution in [2.24, 2.45) is 5.92 Å². The fraction of sp³-hybridized carbons (Fsp3) is 0.750. The van der Waals surface area contributed by atoms with Crippen molar-refractivity contribution in [1.82, 2.24) is 10.3 Å². The Morgan fingerprint density at radius 2 is 2.33 bits per heavy atom. The van der Waals surface area contributed by atoms with Crippen LogP contribution in [-0.2, 0) is 0 Å². The molecule has 1 fully saturated rings. The molecule has 0 radical (unpaired) electrons. The van der Waals surface area contributed by atoms with Crippen molar-refractivity contribution in [1.29, 1.82) is 0 Å². The van der Waals surface area contributed by atoms with Gasteiger partial charge in [-0.3, -0.25) is 4.98 Å². The molecular weight excluding hydrogens is 204 g/mol. The van der Waals surface area contributed by atoms with Crippen LogP contribution in [0.25, 0.3) is 0 Å². The number of hydrogen-bond acceptors (Lipinski definition) is 3. The summed E-state index contributed by atoms with van der Waals surface area (Å²) in [6.45, 7) is 3.38. The summed E-state index contributed by atoms with van der Waals surface area (Å²) < 4.78 is 0. The number of nitrogens with one attached hydrogen (secondary N) is 1. The molecule has 0 aromatic carbocycles. The molecule has 3 heteroatoms. The third-order valence-electron chi connectivity index (χ3n) is 3.36. The zero-order chi connectivity index (χ0) is 10.5. The van der Waals surface area contributed by atoms with Crippen LogP contribution in [0.15, 0.2) is 11.7 Å². The molecule has 1 aliphatic rings. The molecule has 1 unspecified atom stereocenters. The van der Waals surface area contributed by atoms with Crippen molar-refractivity contribution >= 4 is 11.3 Å². The molecule has 1 saturated carbocycles. The molecule has 0 spiro atoms. The first kappa shape index (κ1) is 11.1. The third-order valence-corrected chi connectivity index (χ3v) is 4.31. The van der Waals surface area contributed by atoms with Crippen LogP contribution in [0.1, 0.15) is 49.9 Å². The minimum absolute atomic E-state index is 0.471. The van der Waals surface area contributed by atoms with Gasteiger partial charge in [0.2, 0.25) is 0 Å². The molecule has 1 aromatic rings. The summed E-state index contributed by atoms with van der Waals surface area (Å²) in [5, 5.41) is 3.58. The SMILES string of the molecule is CC(NCCC1CCCC1)c1cncs1. The van der Waals surface area contributed by atoms with Gasteiger partial charge in [0.05, 0.1) is 5.51 Å². The van der Waals surface area contributed by atoms with Crippen LogP contribution in [0, 0.1) is 5.92 Å². The summed E-state index contributed by atoms with van der Waals surface area (Å²) in [6.07, 6.45) is 9.14. The van der Waals surface area contributed by atoms with Gasteiger partial charge in [-0.2, -0.15) is 0 Å². The number of nitrogens with zero attached hydrogens (tertiary/aromatic N) is 1. The molecule has 0 saturated heterocycles. The highest BCUT2D eigenvalue weighted by molar-refractivity contribution is 7.09. The van der Waals surface area contributed by atoms with E-state index >= 15 is 0 Å². The van der Waals surface area contributed by atoms with Crippen molar-refractivity contribution in [2.45, 2.75) is 45.1 Å². The summed E-state index contributed by atoms with van der Waals surface area (Å²) in [4.78, 5) is 5.46. The van der Waals surface area contributed by atoms with E-state index in [4.69, 9.17) is 0 Å². The lowest BCUT2D eigenvalue weighted by atomic mass is 10.0. The molecule has 0 amide bonds.